The number of nitrogens with one attached hydrogen (secondary N) is 1. The van der Waals surface area contributed by atoms with E-state index in [0.29, 0.717) is 12.4 Å². The molecule has 0 saturated carbocycles. The summed E-state index contributed by atoms with van der Waals surface area (Å²) in [6.07, 6.45) is 5.01. The van der Waals surface area contributed by atoms with Crippen molar-refractivity contribution in [3.63, 3.8) is 0 Å². The molecule has 3 heteroatoms. The van der Waals surface area contributed by atoms with Gasteiger partial charge < -0.3 is 10.1 Å². The number of hydrogen-bond acceptors (Lipinski definition) is 3. The zero-order valence-corrected chi connectivity index (χ0v) is 10.8. The number of ketones is 1. The van der Waals surface area contributed by atoms with Crippen LogP contribution in [0.2, 0.25) is 0 Å². The van der Waals surface area contributed by atoms with Crippen LogP contribution < -0.4 is 5.32 Å². The third-order valence-electron chi connectivity index (χ3n) is 3.59. The Hall–Kier alpha value is -0.410. The predicted molar refractivity (Wildman–Crippen MR) is 65.5 cm³/mol. The molecule has 16 heavy (non-hydrogen) atoms. The average molecular weight is 227 g/mol. The summed E-state index contributed by atoms with van der Waals surface area (Å²) < 4.78 is 5.05. The molecule has 0 aromatic heterocycles. The maximum absolute atomic E-state index is 12.4. The van der Waals surface area contributed by atoms with Crippen molar-refractivity contribution >= 4 is 5.78 Å². The quantitative estimate of drug-likeness (QED) is 0.724. The Balaban J connectivity index is 2.60. The third-order valence-corrected chi connectivity index (χ3v) is 3.59. The Morgan fingerprint density at radius 1 is 1.56 bits per heavy atom. The van der Waals surface area contributed by atoms with Gasteiger partial charge in [0.1, 0.15) is 0 Å². The molecule has 1 aliphatic heterocycles. The molecule has 0 bridgehead atoms. The molecule has 1 aliphatic rings. The maximum atomic E-state index is 12.4. The van der Waals surface area contributed by atoms with Gasteiger partial charge in [-0.1, -0.05) is 20.3 Å². The van der Waals surface area contributed by atoms with Crippen LogP contribution in [-0.4, -0.2) is 31.6 Å². The highest BCUT2D eigenvalue weighted by atomic mass is 16.5. The van der Waals surface area contributed by atoms with Crippen LogP contribution in [-0.2, 0) is 9.53 Å². The summed E-state index contributed by atoms with van der Waals surface area (Å²) in [5.41, 5.74) is -0.220. The van der Waals surface area contributed by atoms with Crippen LogP contribution in [0.3, 0.4) is 0 Å². The van der Waals surface area contributed by atoms with Crippen molar-refractivity contribution in [2.24, 2.45) is 5.92 Å². The smallest absolute Gasteiger partial charge is 0.155 e. The number of carbonyl (C=O) groups excluding carboxylic acids is 1. The molecule has 2 atom stereocenters. The molecule has 2 unspecified atom stereocenters. The van der Waals surface area contributed by atoms with Gasteiger partial charge in [-0.25, -0.2) is 0 Å². The Bertz CT molecular complexity index is 222. The van der Waals surface area contributed by atoms with E-state index in [0.717, 1.165) is 38.6 Å². The summed E-state index contributed by atoms with van der Waals surface area (Å²) in [7, 11) is 1.69. The second-order valence-electron chi connectivity index (χ2n) is 4.91. The van der Waals surface area contributed by atoms with Crippen molar-refractivity contribution in [2.75, 3.05) is 20.3 Å². The summed E-state index contributed by atoms with van der Waals surface area (Å²) in [6, 6.07) is 0. The lowest BCUT2D eigenvalue weighted by Crippen LogP contribution is -2.50. The first kappa shape index (κ1) is 13.7. The van der Waals surface area contributed by atoms with Gasteiger partial charge in [0.15, 0.2) is 5.78 Å². The van der Waals surface area contributed by atoms with Crippen LogP contribution in [0.5, 0.6) is 0 Å². The van der Waals surface area contributed by atoms with Gasteiger partial charge in [0, 0.05) is 19.6 Å². The molecular weight excluding hydrogens is 202 g/mol. The molecule has 0 amide bonds. The second-order valence-corrected chi connectivity index (χ2v) is 4.91. The summed E-state index contributed by atoms with van der Waals surface area (Å²) in [5, 5.41) is 3.44. The molecule has 1 fully saturated rings. The van der Waals surface area contributed by atoms with Gasteiger partial charge in [-0.05, 0) is 32.2 Å². The number of ether oxygens (including phenoxy) is 1. The van der Waals surface area contributed by atoms with E-state index >= 15 is 0 Å². The van der Waals surface area contributed by atoms with Gasteiger partial charge in [0.05, 0.1) is 5.54 Å². The fourth-order valence-electron chi connectivity index (χ4n) is 2.68. The van der Waals surface area contributed by atoms with Gasteiger partial charge in [-0.3, -0.25) is 4.79 Å². The molecule has 1 rings (SSSR count). The number of hydrogen-bond donors (Lipinski definition) is 1. The molecular formula is C13H25NO2. The maximum Gasteiger partial charge on any atom is 0.155 e. The number of methoxy groups -OCH3 is 1. The summed E-state index contributed by atoms with van der Waals surface area (Å²) in [5.74, 6) is 0.501. The topological polar surface area (TPSA) is 38.3 Å². The molecule has 3 nitrogen and oxygen atoms in total. The predicted octanol–water partition coefficient (Wildman–Crippen LogP) is 2.15. The minimum atomic E-state index is -0.220. The van der Waals surface area contributed by atoms with E-state index in [2.05, 4.69) is 12.2 Å². The zero-order valence-electron chi connectivity index (χ0n) is 10.8. The highest BCUT2D eigenvalue weighted by molar-refractivity contribution is 5.90. The molecule has 1 saturated heterocycles. The van der Waals surface area contributed by atoms with E-state index in [-0.39, 0.29) is 11.5 Å². The molecule has 0 aromatic rings. The van der Waals surface area contributed by atoms with E-state index < -0.39 is 0 Å². The van der Waals surface area contributed by atoms with Gasteiger partial charge in [-0.15, -0.1) is 0 Å². The summed E-state index contributed by atoms with van der Waals surface area (Å²) >= 11 is 0. The van der Waals surface area contributed by atoms with Crippen molar-refractivity contribution in [3.05, 3.63) is 0 Å². The van der Waals surface area contributed by atoms with E-state index in [9.17, 15) is 4.79 Å². The molecule has 1 N–H and O–H groups in total. The van der Waals surface area contributed by atoms with Crippen LogP contribution in [0.15, 0.2) is 0 Å². The number of Topliss-reactive ketones (excluding diaryl/α,β-unsaturated/α-hetero) is 1. The molecule has 1 heterocycles. The van der Waals surface area contributed by atoms with E-state index in [4.69, 9.17) is 4.74 Å². The minimum Gasteiger partial charge on any atom is -0.385 e. The van der Waals surface area contributed by atoms with Crippen molar-refractivity contribution in [1.82, 2.24) is 5.32 Å². The first-order valence-corrected chi connectivity index (χ1v) is 6.44. The van der Waals surface area contributed by atoms with Crippen LogP contribution in [0.4, 0.5) is 0 Å². The van der Waals surface area contributed by atoms with Gasteiger partial charge in [-0.2, -0.15) is 0 Å². The highest BCUT2D eigenvalue weighted by Gasteiger charge is 2.41. The van der Waals surface area contributed by atoms with Gasteiger partial charge in [0.2, 0.25) is 0 Å². The van der Waals surface area contributed by atoms with Crippen molar-refractivity contribution < 1.29 is 9.53 Å². The summed E-state index contributed by atoms with van der Waals surface area (Å²) in [4.78, 5) is 12.4. The van der Waals surface area contributed by atoms with E-state index in [1.54, 1.807) is 7.11 Å². The standard InChI is InChI=1S/C13H25NO2/c1-4-7-13(8-5-9-14-13)12(15)11(2)6-10-16-3/h11,14H,4-10H2,1-3H3. The highest BCUT2D eigenvalue weighted by Crippen LogP contribution is 2.29. The molecule has 0 aliphatic carbocycles. The lowest BCUT2D eigenvalue weighted by molar-refractivity contribution is -0.129. The van der Waals surface area contributed by atoms with Gasteiger partial charge >= 0.3 is 0 Å². The van der Waals surface area contributed by atoms with Crippen LogP contribution in [0, 0.1) is 5.92 Å². The molecule has 94 valence electrons. The summed E-state index contributed by atoms with van der Waals surface area (Å²) in [6.45, 7) is 5.84. The van der Waals surface area contributed by atoms with Crippen molar-refractivity contribution in [3.8, 4) is 0 Å². The first-order chi connectivity index (χ1) is 7.66. The SMILES string of the molecule is CCCC1(C(=O)C(C)CCOC)CCCN1. The van der Waals surface area contributed by atoms with Gasteiger partial charge in [0.25, 0.3) is 0 Å². The Morgan fingerprint density at radius 3 is 2.81 bits per heavy atom. The zero-order chi connectivity index (χ0) is 12.0. The van der Waals surface area contributed by atoms with Crippen LogP contribution in [0.1, 0.15) is 46.0 Å². The minimum absolute atomic E-state index is 0.108. The van der Waals surface area contributed by atoms with E-state index in [1.807, 2.05) is 6.92 Å². The average Bonchev–Trinajstić information content (AvgIpc) is 2.75. The largest absolute Gasteiger partial charge is 0.385 e. The number of carbonyl (C=O) groups is 1. The Labute approximate surface area is 98.9 Å². The fourth-order valence-corrected chi connectivity index (χ4v) is 2.68. The first-order valence-electron chi connectivity index (χ1n) is 6.44. The van der Waals surface area contributed by atoms with Crippen molar-refractivity contribution in [1.29, 1.82) is 0 Å². The van der Waals surface area contributed by atoms with Crippen molar-refractivity contribution in [2.45, 2.75) is 51.5 Å². The van der Waals surface area contributed by atoms with Crippen LogP contribution in [0.25, 0.3) is 0 Å². The second kappa shape index (κ2) is 6.36. The van der Waals surface area contributed by atoms with E-state index in [1.165, 1.54) is 0 Å². The lowest BCUT2D eigenvalue weighted by atomic mass is 9.81. The number of rotatable bonds is 7. The Morgan fingerprint density at radius 2 is 2.31 bits per heavy atom. The fraction of sp³-hybridized carbons (Fsp3) is 0.923. The monoisotopic (exact) mass is 227 g/mol. The molecule has 0 spiro atoms. The molecule has 0 aromatic carbocycles. The Kier molecular flexibility index (Phi) is 5.42. The third kappa shape index (κ3) is 3.05. The molecule has 0 radical (unpaired) electrons. The normalized spacial score (nSPS) is 26.9. The van der Waals surface area contributed by atoms with Crippen LogP contribution >= 0.6 is 0 Å². The lowest BCUT2D eigenvalue weighted by Gasteiger charge is -2.30.